The van der Waals surface area contributed by atoms with Gasteiger partial charge in [0.1, 0.15) is 5.76 Å². The van der Waals surface area contributed by atoms with Crippen LogP contribution < -0.4 is 5.32 Å². The quantitative estimate of drug-likeness (QED) is 0.741. The van der Waals surface area contributed by atoms with Crippen LogP contribution in [0, 0.1) is 13.8 Å². The normalized spacial score (nSPS) is 12.1. The van der Waals surface area contributed by atoms with E-state index in [2.05, 4.69) is 65.9 Å². The average Bonchev–Trinajstić information content (AvgIpc) is 2.95. The van der Waals surface area contributed by atoms with Gasteiger partial charge in [0.25, 0.3) is 0 Å². The lowest BCUT2D eigenvalue weighted by molar-refractivity contribution is 0.374. The molecule has 1 atom stereocenters. The van der Waals surface area contributed by atoms with E-state index in [4.69, 9.17) is 4.52 Å². The summed E-state index contributed by atoms with van der Waals surface area (Å²) in [7, 11) is 0. The Labute approximate surface area is 131 Å². The van der Waals surface area contributed by atoms with E-state index in [1.807, 2.05) is 19.1 Å². The van der Waals surface area contributed by atoms with Crippen molar-refractivity contribution in [3.05, 3.63) is 83.2 Å². The van der Waals surface area contributed by atoms with Crippen LogP contribution in [0.15, 0.2) is 65.2 Å². The fourth-order valence-corrected chi connectivity index (χ4v) is 2.50. The van der Waals surface area contributed by atoms with Gasteiger partial charge in [-0.05, 0) is 31.5 Å². The highest BCUT2D eigenvalue weighted by molar-refractivity contribution is 5.47. The number of hydrogen-bond acceptors (Lipinski definition) is 3. The second kappa shape index (κ2) is 6.48. The molecule has 0 aliphatic carbocycles. The van der Waals surface area contributed by atoms with Crippen molar-refractivity contribution in [2.24, 2.45) is 0 Å². The third-order valence-electron chi connectivity index (χ3n) is 3.68. The molecule has 0 saturated carbocycles. The minimum absolute atomic E-state index is 0.149. The zero-order valence-electron chi connectivity index (χ0n) is 12.9. The van der Waals surface area contributed by atoms with Gasteiger partial charge in [-0.25, -0.2) is 0 Å². The van der Waals surface area contributed by atoms with E-state index in [1.165, 1.54) is 11.1 Å². The van der Waals surface area contributed by atoms with Crippen LogP contribution in [-0.2, 0) is 6.42 Å². The molecule has 0 amide bonds. The summed E-state index contributed by atoms with van der Waals surface area (Å²) in [6, 6.07) is 21.0. The summed E-state index contributed by atoms with van der Waals surface area (Å²) in [4.78, 5) is 0. The highest BCUT2D eigenvalue weighted by atomic mass is 16.5. The van der Waals surface area contributed by atoms with Gasteiger partial charge in [-0.3, -0.25) is 0 Å². The van der Waals surface area contributed by atoms with Gasteiger partial charge in [0.2, 0.25) is 0 Å². The molecule has 0 spiro atoms. The second-order valence-corrected chi connectivity index (χ2v) is 5.61. The zero-order chi connectivity index (χ0) is 15.4. The van der Waals surface area contributed by atoms with Crippen LogP contribution in [0.3, 0.4) is 0 Å². The average molecular weight is 292 g/mol. The van der Waals surface area contributed by atoms with Crippen molar-refractivity contribution in [1.29, 1.82) is 0 Å². The molecule has 3 nitrogen and oxygen atoms in total. The number of aromatic nitrogens is 1. The van der Waals surface area contributed by atoms with Gasteiger partial charge in [-0.2, -0.15) is 0 Å². The van der Waals surface area contributed by atoms with Crippen LogP contribution in [0.1, 0.15) is 28.6 Å². The maximum absolute atomic E-state index is 5.38. The lowest BCUT2D eigenvalue weighted by atomic mass is 10.0. The van der Waals surface area contributed by atoms with E-state index < -0.39 is 0 Å². The highest BCUT2D eigenvalue weighted by Gasteiger charge is 2.15. The Hall–Kier alpha value is -2.55. The summed E-state index contributed by atoms with van der Waals surface area (Å²) in [6.07, 6.45) is 0.763. The Bertz CT molecular complexity index is 717. The summed E-state index contributed by atoms with van der Waals surface area (Å²) in [5, 5.41) is 7.57. The molecule has 0 aliphatic rings. The Morgan fingerprint density at radius 3 is 2.36 bits per heavy atom. The van der Waals surface area contributed by atoms with Gasteiger partial charge >= 0.3 is 0 Å². The van der Waals surface area contributed by atoms with Crippen molar-refractivity contribution < 1.29 is 4.52 Å². The molecule has 3 rings (SSSR count). The first-order valence-corrected chi connectivity index (χ1v) is 7.51. The Balaban J connectivity index is 1.84. The largest absolute Gasteiger partial charge is 0.378 e. The second-order valence-electron chi connectivity index (χ2n) is 5.61. The predicted octanol–water partition coefficient (Wildman–Crippen LogP) is 4.69. The number of hydrogen-bond donors (Lipinski definition) is 1. The van der Waals surface area contributed by atoms with Gasteiger partial charge in [-0.15, -0.1) is 0 Å². The molecule has 1 N–H and O–H groups in total. The summed E-state index contributed by atoms with van der Waals surface area (Å²) in [6.45, 7) is 4.04. The summed E-state index contributed by atoms with van der Waals surface area (Å²) < 4.78 is 5.38. The van der Waals surface area contributed by atoms with E-state index >= 15 is 0 Å². The minimum Gasteiger partial charge on any atom is -0.378 e. The molecule has 1 aromatic heterocycles. The summed E-state index contributed by atoms with van der Waals surface area (Å²) >= 11 is 0. The number of rotatable bonds is 5. The van der Waals surface area contributed by atoms with Crippen molar-refractivity contribution in [2.75, 3.05) is 5.32 Å². The van der Waals surface area contributed by atoms with Crippen LogP contribution in [0.25, 0.3) is 0 Å². The van der Waals surface area contributed by atoms with Gasteiger partial charge in [0.05, 0.1) is 11.7 Å². The fraction of sp³-hybridized carbons (Fsp3) is 0.211. The molecule has 3 aromatic rings. The van der Waals surface area contributed by atoms with E-state index in [9.17, 15) is 0 Å². The summed E-state index contributed by atoms with van der Waals surface area (Å²) in [5.41, 5.74) is 4.51. The van der Waals surface area contributed by atoms with E-state index in [-0.39, 0.29) is 6.04 Å². The summed E-state index contributed by atoms with van der Waals surface area (Å²) in [5.74, 6) is 0.894. The molecule has 0 unspecified atom stereocenters. The Morgan fingerprint density at radius 2 is 1.73 bits per heavy atom. The first-order valence-electron chi connectivity index (χ1n) is 7.51. The lowest BCUT2D eigenvalue weighted by Crippen LogP contribution is -2.13. The lowest BCUT2D eigenvalue weighted by Gasteiger charge is -2.19. The standard InChI is InChI=1S/C19H20N2O/c1-14-8-10-17(11-9-14)20-19(16-6-4-3-5-7-16)13-18-12-15(2)21-22-18/h3-12,19-20H,13H2,1-2H3/t19-/m1/s1. The molecule has 0 saturated heterocycles. The topological polar surface area (TPSA) is 38.1 Å². The third-order valence-corrected chi connectivity index (χ3v) is 3.68. The van der Waals surface area contributed by atoms with E-state index in [1.54, 1.807) is 0 Å². The van der Waals surface area contributed by atoms with Gasteiger partial charge < -0.3 is 9.84 Å². The van der Waals surface area contributed by atoms with Crippen LogP contribution in [0.2, 0.25) is 0 Å². The van der Waals surface area contributed by atoms with Crippen molar-refractivity contribution in [2.45, 2.75) is 26.3 Å². The monoisotopic (exact) mass is 292 g/mol. The number of nitrogens with one attached hydrogen (secondary N) is 1. The maximum atomic E-state index is 5.38. The highest BCUT2D eigenvalue weighted by Crippen LogP contribution is 2.24. The smallest absolute Gasteiger partial charge is 0.139 e. The van der Waals surface area contributed by atoms with E-state index in [0.29, 0.717) is 0 Å². The van der Waals surface area contributed by atoms with Crippen LogP contribution in [0.5, 0.6) is 0 Å². The van der Waals surface area contributed by atoms with Crippen molar-refractivity contribution in [1.82, 2.24) is 5.16 Å². The Kier molecular flexibility index (Phi) is 4.24. The molecule has 0 fully saturated rings. The number of anilines is 1. The SMILES string of the molecule is Cc1ccc(N[C@H](Cc2cc(C)no2)c2ccccc2)cc1. The first kappa shape index (κ1) is 14.4. The van der Waals surface area contributed by atoms with Crippen LogP contribution >= 0.6 is 0 Å². The fourth-order valence-electron chi connectivity index (χ4n) is 2.50. The molecule has 0 aliphatic heterocycles. The van der Waals surface area contributed by atoms with E-state index in [0.717, 1.165) is 23.6 Å². The molecule has 2 aromatic carbocycles. The van der Waals surface area contributed by atoms with Crippen LogP contribution in [0.4, 0.5) is 5.69 Å². The van der Waals surface area contributed by atoms with Crippen molar-refractivity contribution in [3.63, 3.8) is 0 Å². The predicted molar refractivity (Wildman–Crippen MR) is 88.9 cm³/mol. The van der Waals surface area contributed by atoms with Crippen molar-refractivity contribution in [3.8, 4) is 0 Å². The molecule has 0 bridgehead atoms. The number of nitrogens with zero attached hydrogens (tertiary/aromatic N) is 1. The zero-order valence-corrected chi connectivity index (χ0v) is 12.9. The van der Waals surface area contributed by atoms with Gasteiger partial charge in [-0.1, -0.05) is 53.2 Å². The third kappa shape index (κ3) is 3.55. The maximum Gasteiger partial charge on any atom is 0.139 e. The Morgan fingerprint density at radius 1 is 1.00 bits per heavy atom. The molecular weight excluding hydrogens is 272 g/mol. The molecular formula is C19H20N2O. The number of aryl methyl sites for hydroxylation is 2. The number of benzene rings is 2. The van der Waals surface area contributed by atoms with Crippen molar-refractivity contribution >= 4 is 5.69 Å². The van der Waals surface area contributed by atoms with Gasteiger partial charge in [0, 0.05) is 18.2 Å². The molecule has 0 radical (unpaired) electrons. The van der Waals surface area contributed by atoms with Crippen LogP contribution in [-0.4, -0.2) is 5.16 Å². The molecule has 3 heteroatoms. The minimum atomic E-state index is 0.149. The molecule has 22 heavy (non-hydrogen) atoms. The van der Waals surface area contributed by atoms with Gasteiger partial charge in [0.15, 0.2) is 0 Å². The molecule has 1 heterocycles. The first-order chi connectivity index (χ1) is 10.7. The molecule has 112 valence electrons.